The van der Waals surface area contributed by atoms with Gasteiger partial charge in [0.1, 0.15) is 30.6 Å². The molecule has 1 aliphatic heterocycles. The fourth-order valence-corrected chi connectivity index (χ4v) is 6.03. The van der Waals surface area contributed by atoms with Crippen LogP contribution in [0.25, 0.3) is 32.7 Å². The molecule has 0 amide bonds. The largest absolute Gasteiger partial charge is 0.394 e. The van der Waals surface area contributed by atoms with Gasteiger partial charge in [-0.25, -0.2) is 4.98 Å². The normalized spacial score (nSPS) is 28.4. The monoisotopic (exact) mass is 545 g/mol. The Balaban J connectivity index is 1.37. The molecule has 40 heavy (non-hydrogen) atoms. The fraction of sp³-hybridized carbons (Fsp3) is 0.321. The number of nitrogens with zero attached hydrogens (tertiary/aromatic N) is 3. The third kappa shape index (κ3) is 3.73. The molecule has 2 aromatic heterocycles. The van der Waals surface area contributed by atoms with Gasteiger partial charge in [0.25, 0.3) is 5.56 Å². The second-order valence-electron chi connectivity index (χ2n) is 10.4. The van der Waals surface area contributed by atoms with Crippen LogP contribution in [0.5, 0.6) is 0 Å². The highest BCUT2D eigenvalue weighted by atomic mass is 16.5. The van der Waals surface area contributed by atoms with Crippen molar-refractivity contribution in [1.29, 1.82) is 0 Å². The standard InChI is InChI=1S/C28H27N5O7/c34-10-17-16(35)9-18(40-17)33-11-29-22-26(33)31-28(32-27(22)39)30-21-20-15(23(36)25(38)24(21)37)8-7-13-6-5-12-3-1-2-4-14(12)19(13)20/h1-8,11,16-18,21,23-25,34-38H,9-10H2,(H2,30,31,32,39)/t16-,17+,18+,21+,23-,24-,25+/m0/s1. The van der Waals surface area contributed by atoms with E-state index in [1.165, 1.54) is 10.9 Å². The number of fused-ring (bicyclic) bond motifs is 6. The summed E-state index contributed by atoms with van der Waals surface area (Å²) in [6.07, 6.45) is -5.08. The molecule has 1 aliphatic carbocycles. The number of aromatic nitrogens is 4. The number of hydrogen-bond donors (Lipinski definition) is 7. The number of anilines is 1. The van der Waals surface area contributed by atoms with Gasteiger partial charge in [0.15, 0.2) is 11.2 Å². The average molecular weight is 546 g/mol. The van der Waals surface area contributed by atoms with E-state index in [1.54, 1.807) is 6.07 Å². The highest BCUT2D eigenvalue weighted by Gasteiger charge is 2.42. The Labute approximate surface area is 226 Å². The van der Waals surface area contributed by atoms with Crippen LogP contribution in [0.4, 0.5) is 5.95 Å². The van der Waals surface area contributed by atoms with Gasteiger partial charge in [-0.3, -0.25) is 14.3 Å². The summed E-state index contributed by atoms with van der Waals surface area (Å²) in [7, 11) is 0. The summed E-state index contributed by atoms with van der Waals surface area (Å²) in [5.74, 6) is 0.00679. The number of benzene rings is 3. The topological polar surface area (TPSA) is 186 Å². The lowest BCUT2D eigenvalue weighted by molar-refractivity contribution is -0.0767. The van der Waals surface area contributed by atoms with E-state index in [-0.39, 0.29) is 30.1 Å². The van der Waals surface area contributed by atoms with Crippen molar-refractivity contribution in [2.45, 2.75) is 49.2 Å². The quantitative estimate of drug-likeness (QED) is 0.161. The van der Waals surface area contributed by atoms with E-state index in [0.29, 0.717) is 11.1 Å². The van der Waals surface area contributed by atoms with Gasteiger partial charge < -0.3 is 35.6 Å². The van der Waals surface area contributed by atoms with Crippen molar-refractivity contribution < 1.29 is 30.3 Å². The number of nitrogens with one attached hydrogen (secondary N) is 2. The molecule has 7 rings (SSSR count). The van der Waals surface area contributed by atoms with Crippen molar-refractivity contribution in [3.8, 4) is 0 Å². The molecule has 3 aromatic carbocycles. The number of rotatable bonds is 4. The Morgan fingerprint density at radius 3 is 2.60 bits per heavy atom. The minimum Gasteiger partial charge on any atom is -0.394 e. The van der Waals surface area contributed by atoms with Gasteiger partial charge in [-0.15, -0.1) is 0 Å². The first-order valence-corrected chi connectivity index (χ1v) is 13.0. The first kappa shape index (κ1) is 25.1. The molecule has 0 saturated carbocycles. The molecule has 7 N–H and O–H groups in total. The van der Waals surface area contributed by atoms with Gasteiger partial charge in [0.2, 0.25) is 5.95 Å². The maximum atomic E-state index is 13.0. The van der Waals surface area contributed by atoms with Crippen molar-refractivity contribution in [3.63, 3.8) is 0 Å². The van der Waals surface area contributed by atoms with Crippen LogP contribution >= 0.6 is 0 Å². The second kappa shape index (κ2) is 9.34. The average Bonchev–Trinajstić information content (AvgIpc) is 3.56. The lowest BCUT2D eigenvalue weighted by atomic mass is 9.78. The van der Waals surface area contributed by atoms with Crippen molar-refractivity contribution in [1.82, 2.24) is 19.5 Å². The maximum Gasteiger partial charge on any atom is 0.280 e. The van der Waals surface area contributed by atoms with Crippen LogP contribution in [0.2, 0.25) is 0 Å². The Morgan fingerprint density at radius 2 is 1.80 bits per heavy atom. The van der Waals surface area contributed by atoms with Crippen molar-refractivity contribution >= 4 is 38.7 Å². The summed E-state index contributed by atoms with van der Waals surface area (Å²) in [4.78, 5) is 24.4. The summed E-state index contributed by atoms with van der Waals surface area (Å²) in [6, 6.07) is 14.4. The first-order chi connectivity index (χ1) is 19.4. The summed E-state index contributed by atoms with van der Waals surface area (Å²) < 4.78 is 7.25. The molecule has 0 radical (unpaired) electrons. The Kier molecular flexibility index (Phi) is 5.85. The predicted molar refractivity (Wildman–Crippen MR) is 145 cm³/mol. The molecule has 0 spiro atoms. The van der Waals surface area contributed by atoms with Crippen molar-refractivity contribution in [3.05, 3.63) is 76.3 Å². The minimum absolute atomic E-state index is 0.00679. The molecule has 3 heterocycles. The molecule has 1 fully saturated rings. The van der Waals surface area contributed by atoms with Crippen LogP contribution in [0, 0.1) is 0 Å². The summed E-state index contributed by atoms with van der Waals surface area (Å²) in [5, 5.41) is 59.2. The van der Waals surface area contributed by atoms with Gasteiger partial charge in [-0.05, 0) is 32.7 Å². The minimum atomic E-state index is -1.50. The number of hydrogen-bond acceptors (Lipinski definition) is 10. The van der Waals surface area contributed by atoms with E-state index in [9.17, 15) is 30.3 Å². The van der Waals surface area contributed by atoms with Crippen LogP contribution in [0.3, 0.4) is 0 Å². The lowest BCUT2D eigenvalue weighted by Crippen LogP contribution is -2.44. The van der Waals surface area contributed by atoms with Crippen molar-refractivity contribution in [2.24, 2.45) is 0 Å². The van der Waals surface area contributed by atoms with E-state index in [4.69, 9.17) is 4.74 Å². The molecule has 12 nitrogen and oxygen atoms in total. The number of aliphatic hydroxyl groups is 5. The number of imidazole rings is 1. The molecular weight excluding hydrogens is 518 g/mol. The molecule has 206 valence electrons. The molecule has 2 aliphatic rings. The Morgan fingerprint density at radius 1 is 1.02 bits per heavy atom. The van der Waals surface area contributed by atoms with Gasteiger partial charge >= 0.3 is 0 Å². The molecule has 1 saturated heterocycles. The third-order valence-corrected chi connectivity index (χ3v) is 8.05. The zero-order valence-electron chi connectivity index (χ0n) is 21.0. The molecule has 5 aromatic rings. The Bertz CT molecular complexity index is 1820. The lowest BCUT2D eigenvalue weighted by Gasteiger charge is -2.38. The van der Waals surface area contributed by atoms with E-state index >= 15 is 0 Å². The van der Waals surface area contributed by atoms with E-state index < -0.39 is 48.3 Å². The van der Waals surface area contributed by atoms with Gasteiger partial charge in [-0.1, -0.05) is 48.5 Å². The van der Waals surface area contributed by atoms with Crippen molar-refractivity contribution in [2.75, 3.05) is 11.9 Å². The van der Waals surface area contributed by atoms with Crippen LogP contribution in [0.15, 0.2) is 59.7 Å². The number of H-pyrrole nitrogens is 1. The summed E-state index contributed by atoms with van der Waals surface area (Å²) in [5.41, 5.74) is 0.724. The maximum absolute atomic E-state index is 13.0. The van der Waals surface area contributed by atoms with Crippen LogP contribution in [-0.2, 0) is 4.74 Å². The first-order valence-electron chi connectivity index (χ1n) is 13.0. The van der Waals surface area contributed by atoms with Gasteiger partial charge in [-0.2, -0.15) is 4.98 Å². The number of aromatic amines is 1. The van der Waals surface area contributed by atoms with Crippen LogP contribution in [-0.4, -0.2) is 76.1 Å². The van der Waals surface area contributed by atoms with Crippen LogP contribution in [0.1, 0.15) is 35.9 Å². The highest BCUT2D eigenvalue weighted by molar-refractivity contribution is 6.10. The summed E-state index contributed by atoms with van der Waals surface area (Å²) >= 11 is 0. The molecule has 12 heteroatoms. The smallest absolute Gasteiger partial charge is 0.280 e. The SMILES string of the molecule is O=c1[nH]c(N[C@@H]2c3c(ccc4ccc5ccccc5c34)[C@H](O)[C@@H](O)[C@H]2O)nc2c1ncn2[C@H]1C[C@H](O)[C@@H](CO)O1. The zero-order chi connectivity index (χ0) is 27.7. The third-order valence-electron chi connectivity index (χ3n) is 8.05. The molecule has 0 unspecified atom stereocenters. The molecule has 0 bridgehead atoms. The molecular formula is C28H27N5O7. The van der Waals surface area contributed by atoms with E-state index in [1.807, 2.05) is 42.5 Å². The van der Waals surface area contributed by atoms with E-state index in [2.05, 4.69) is 20.3 Å². The second-order valence-corrected chi connectivity index (χ2v) is 10.4. The van der Waals surface area contributed by atoms with Crippen LogP contribution < -0.4 is 10.9 Å². The number of aliphatic hydroxyl groups excluding tert-OH is 5. The highest BCUT2D eigenvalue weighted by Crippen LogP contribution is 2.44. The predicted octanol–water partition coefficient (Wildman–Crippen LogP) is 0.989. The zero-order valence-corrected chi connectivity index (χ0v) is 21.0. The Hall–Kier alpha value is -3.91. The number of ether oxygens (including phenoxy) is 1. The van der Waals surface area contributed by atoms with E-state index in [0.717, 1.165) is 21.5 Å². The van der Waals surface area contributed by atoms with Gasteiger partial charge in [0.05, 0.1) is 25.1 Å². The molecule has 7 atom stereocenters. The summed E-state index contributed by atoms with van der Waals surface area (Å²) in [6.45, 7) is -0.360. The fourth-order valence-electron chi connectivity index (χ4n) is 6.03. The van der Waals surface area contributed by atoms with Gasteiger partial charge in [0, 0.05) is 6.42 Å².